The zero-order valence-electron chi connectivity index (χ0n) is 11.0. The Bertz CT molecular complexity index is 229. The van der Waals surface area contributed by atoms with E-state index in [1.807, 2.05) is 0 Å². The summed E-state index contributed by atoms with van der Waals surface area (Å²) in [6, 6.07) is 0.752. The molecular weight excluding hydrogens is 196 g/mol. The van der Waals surface area contributed by atoms with Crippen LogP contribution in [0.1, 0.15) is 58.8 Å². The number of piperidine rings is 1. The number of hydrogen-bond donors (Lipinski definition) is 1. The van der Waals surface area contributed by atoms with Gasteiger partial charge in [-0.05, 0) is 45.1 Å². The van der Waals surface area contributed by atoms with Crippen LogP contribution in [0, 0.1) is 5.92 Å². The zero-order chi connectivity index (χ0) is 11.6. The molecule has 0 amide bonds. The fourth-order valence-electron chi connectivity index (χ4n) is 4.00. The van der Waals surface area contributed by atoms with Crippen molar-refractivity contribution < 1.29 is 0 Å². The first-order valence-corrected chi connectivity index (χ1v) is 7.15. The van der Waals surface area contributed by atoms with Gasteiger partial charge < -0.3 is 5.73 Å². The normalized spacial score (nSPS) is 42.2. The standard InChI is InChI=1S/C14H28N2/c1-12-6-5-8-14(10-12,11-15)16-9-4-3-7-13(16)2/h12-13H,3-11,15H2,1-2H3. The van der Waals surface area contributed by atoms with Crippen LogP contribution in [0.4, 0.5) is 0 Å². The van der Waals surface area contributed by atoms with Gasteiger partial charge in [-0.3, -0.25) is 4.90 Å². The van der Waals surface area contributed by atoms with Crippen molar-refractivity contribution in [3.8, 4) is 0 Å². The van der Waals surface area contributed by atoms with Gasteiger partial charge in [0, 0.05) is 18.1 Å². The lowest BCUT2D eigenvalue weighted by Gasteiger charge is -2.52. The lowest BCUT2D eigenvalue weighted by molar-refractivity contribution is -0.00841. The fraction of sp³-hybridized carbons (Fsp3) is 1.00. The molecule has 0 spiro atoms. The highest BCUT2D eigenvalue weighted by atomic mass is 15.2. The Balaban J connectivity index is 2.12. The third-order valence-corrected chi connectivity index (χ3v) is 4.86. The van der Waals surface area contributed by atoms with Crippen LogP contribution in [-0.2, 0) is 0 Å². The summed E-state index contributed by atoms with van der Waals surface area (Å²) in [5, 5.41) is 0. The van der Waals surface area contributed by atoms with Crippen LogP contribution in [0.5, 0.6) is 0 Å². The van der Waals surface area contributed by atoms with E-state index < -0.39 is 0 Å². The molecule has 1 aliphatic heterocycles. The van der Waals surface area contributed by atoms with Gasteiger partial charge in [0.15, 0.2) is 0 Å². The minimum atomic E-state index is 0.345. The molecule has 0 radical (unpaired) electrons. The molecule has 1 aliphatic carbocycles. The predicted octanol–water partition coefficient (Wildman–Crippen LogP) is 2.77. The lowest BCUT2D eigenvalue weighted by atomic mass is 9.74. The monoisotopic (exact) mass is 224 g/mol. The second-order valence-electron chi connectivity index (χ2n) is 6.17. The Morgan fingerprint density at radius 2 is 2.00 bits per heavy atom. The average molecular weight is 224 g/mol. The first kappa shape index (κ1) is 12.4. The van der Waals surface area contributed by atoms with E-state index in [2.05, 4.69) is 18.7 Å². The zero-order valence-corrected chi connectivity index (χ0v) is 11.0. The van der Waals surface area contributed by atoms with E-state index in [1.165, 1.54) is 51.5 Å². The van der Waals surface area contributed by atoms with Crippen LogP contribution >= 0.6 is 0 Å². The van der Waals surface area contributed by atoms with Crippen molar-refractivity contribution in [1.82, 2.24) is 4.90 Å². The Morgan fingerprint density at radius 1 is 1.19 bits per heavy atom. The van der Waals surface area contributed by atoms with Crippen molar-refractivity contribution in [3.63, 3.8) is 0 Å². The summed E-state index contributed by atoms with van der Waals surface area (Å²) in [5.41, 5.74) is 6.50. The number of nitrogens with zero attached hydrogens (tertiary/aromatic N) is 1. The third kappa shape index (κ3) is 2.28. The summed E-state index contributed by atoms with van der Waals surface area (Å²) in [6.45, 7) is 6.95. The number of likely N-dealkylation sites (tertiary alicyclic amines) is 1. The Morgan fingerprint density at radius 3 is 2.62 bits per heavy atom. The largest absolute Gasteiger partial charge is 0.329 e. The summed E-state index contributed by atoms with van der Waals surface area (Å²) in [7, 11) is 0. The van der Waals surface area contributed by atoms with Crippen LogP contribution in [0.25, 0.3) is 0 Å². The highest BCUT2D eigenvalue weighted by Gasteiger charge is 2.41. The molecule has 0 aromatic rings. The number of hydrogen-bond acceptors (Lipinski definition) is 2. The first-order valence-electron chi connectivity index (χ1n) is 7.15. The lowest BCUT2D eigenvalue weighted by Crippen LogP contribution is -2.60. The van der Waals surface area contributed by atoms with Gasteiger partial charge in [0.05, 0.1) is 0 Å². The SMILES string of the molecule is CC1CCCC(CN)(N2CCCCC2C)C1. The summed E-state index contributed by atoms with van der Waals surface area (Å²) in [5.74, 6) is 0.867. The molecule has 2 heteroatoms. The van der Waals surface area contributed by atoms with Crippen molar-refractivity contribution in [2.24, 2.45) is 11.7 Å². The van der Waals surface area contributed by atoms with Gasteiger partial charge >= 0.3 is 0 Å². The van der Waals surface area contributed by atoms with E-state index in [4.69, 9.17) is 5.73 Å². The molecule has 3 atom stereocenters. The topological polar surface area (TPSA) is 29.3 Å². The van der Waals surface area contributed by atoms with Crippen molar-refractivity contribution >= 4 is 0 Å². The van der Waals surface area contributed by atoms with E-state index in [1.54, 1.807) is 0 Å². The van der Waals surface area contributed by atoms with Crippen molar-refractivity contribution in [3.05, 3.63) is 0 Å². The molecule has 2 fully saturated rings. The Kier molecular flexibility index (Phi) is 3.91. The minimum Gasteiger partial charge on any atom is -0.329 e. The first-order chi connectivity index (χ1) is 7.68. The van der Waals surface area contributed by atoms with Crippen LogP contribution in [0.15, 0.2) is 0 Å². The molecule has 1 heterocycles. The summed E-state index contributed by atoms with van der Waals surface area (Å²) < 4.78 is 0. The second kappa shape index (κ2) is 5.05. The molecule has 1 saturated heterocycles. The van der Waals surface area contributed by atoms with Gasteiger partial charge in [-0.25, -0.2) is 0 Å². The fourth-order valence-corrected chi connectivity index (χ4v) is 4.00. The molecule has 3 unspecified atom stereocenters. The average Bonchev–Trinajstić information content (AvgIpc) is 2.29. The third-order valence-electron chi connectivity index (χ3n) is 4.86. The summed E-state index contributed by atoms with van der Waals surface area (Å²) in [6.07, 6.45) is 9.60. The summed E-state index contributed by atoms with van der Waals surface area (Å²) in [4.78, 5) is 2.76. The van der Waals surface area contributed by atoms with Gasteiger partial charge in [0.25, 0.3) is 0 Å². The molecule has 94 valence electrons. The smallest absolute Gasteiger partial charge is 0.0337 e. The van der Waals surface area contributed by atoms with Gasteiger partial charge in [-0.15, -0.1) is 0 Å². The maximum atomic E-state index is 6.15. The maximum absolute atomic E-state index is 6.15. The summed E-state index contributed by atoms with van der Waals surface area (Å²) >= 11 is 0. The second-order valence-corrected chi connectivity index (χ2v) is 6.17. The molecule has 16 heavy (non-hydrogen) atoms. The number of rotatable bonds is 2. The van der Waals surface area contributed by atoms with E-state index in [9.17, 15) is 0 Å². The molecule has 0 aromatic carbocycles. The molecule has 2 N–H and O–H groups in total. The minimum absolute atomic E-state index is 0.345. The van der Waals surface area contributed by atoms with E-state index >= 15 is 0 Å². The Hall–Kier alpha value is -0.0800. The highest BCUT2D eigenvalue weighted by molar-refractivity contribution is 4.98. The Labute approximate surface area is 101 Å². The van der Waals surface area contributed by atoms with Crippen molar-refractivity contribution in [2.75, 3.05) is 13.1 Å². The van der Waals surface area contributed by atoms with Gasteiger partial charge in [-0.2, -0.15) is 0 Å². The van der Waals surface area contributed by atoms with Crippen molar-refractivity contribution in [2.45, 2.75) is 70.4 Å². The highest BCUT2D eigenvalue weighted by Crippen LogP contribution is 2.39. The molecule has 2 aliphatic rings. The van der Waals surface area contributed by atoms with Crippen molar-refractivity contribution in [1.29, 1.82) is 0 Å². The predicted molar refractivity (Wildman–Crippen MR) is 69.4 cm³/mol. The molecule has 1 saturated carbocycles. The van der Waals surface area contributed by atoms with E-state index in [0.29, 0.717) is 5.54 Å². The van der Waals surface area contributed by atoms with Gasteiger partial charge in [0.2, 0.25) is 0 Å². The van der Waals surface area contributed by atoms with Crippen LogP contribution in [0.2, 0.25) is 0 Å². The molecular formula is C14H28N2. The van der Waals surface area contributed by atoms with Gasteiger partial charge in [-0.1, -0.05) is 26.2 Å². The molecule has 0 aromatic heterocycles. The quantitative estimate of drug-likeness (QED) is 0.781. The molecule has 0 bridgehead atoms. The number of nitrogens with two attached hydrogens (primary N) is 1. The van der Waals surface area contributed by atoms with Crippen LogP contribution in [0.3, 0.4) is 0 Å². The molecule has 2 nitrogen and oxygen atoms in total. The molecule has 2 rings (SSSR count). The van der Waals surface area contributed by atoms with Gasteiger partial charge in [0.1, 0.15) is 0 Å². The van der Waals surface area contributed by atoms with Crippen LogP contribution < -0.4 is 5.73 Å². The maximum Gasteiger partial charge on any atom is 0.0337 e. The van der Waals surface area contributed by atoms with E-state index in [0.717, 1.165) is 18.5 Å². The van der Waals surface area contributed by atoms with E-state index in [-0.39, 0.29) is 0 Å². The van der Waals surface area contributed by atoms with Crippen LogP contribution in [-0.4, -0.2) is 29.6 Å².